The Kier molecular flexibility index (Phi) is 4.48. The van der Waals surface area contributed by atoms with Crippen LogP contribution in [0.1, 0.15) is 12.8 Å². The quantitative estimate of drug-likeness (QED) is 0.521. The van der Waals surface area contributed by atoms with Crippen molar-refractivity contribution in [1.82, 2.24) is 0 Å². The molecule has 8 heavy (non-hydrogen) atoms. The fraction of sp³-hybridized carbons (Fsp3) is 0.500. The lowest BCUT2D eigenvalue weighted by Crippen LogP contribution is -1.86. The minimum Gasteiger partial charge on any atom is -0.287 e. The van der Waals surface area contributed by atoms with Crippen molar-refractivity contribution in [3.63, 3.8) is 0 Å². The molecule has 0 aliphatic carbocycles. The average Bonchev–Trinajstić information content (AvgIpc) is 1.83. The third-order valence-corrected chi connectivity index (χ3v) is 1.36. The predicted octanol–water partition coefficient (Wildman–Crippen LogP) is 1.29. The van der Waals surface area contributed by atoms with Crippen LogP contribution in [0.3, 0.4) is 0 Å². The molecule has 0 fully saturated rings. The monoisotopic (exact) mass is 128 g/mol. The highest BCUT2D eigenvalue weighted by Gasteiger charge is 1.93. The standard InChI is InChI=1S/C6H8OS/c1-3-4-5-6(7)8-2/h1H,4-5H2,2H3. The van der Waals surface area contributed by atoms with Crippen LogP contribution in [-0.2, 0) is 4.79 Å². The minimum atomic E-state index is 0.169. The highest BCUT2D eigenvalue weighted by atomic mass is 32.2. The summed E-state index contributed by atoms with van der Waals surface area (Å²) >= 11 is 1.23. The van der Waals surface area contributed by atoms with Crippen LogP contribution in [0.4, 0.5) is 0 Å². The molecule has 0 aromatic carbocycles. The Balaban J connectivity index is 3.15. The number of carbonyl (C=O) groups excluding carboxylic acids is 1. The van der Waals surface area contributed by atoms with Gasteiger partial charge in [-0.15, -0.1) is 12.3 Å². The number of hydrogen-bond donors (Lipinski definition) is 0. The largest absolute Gasteiger partial charge is 0.287 e. The van der Waals surface area contributed by atoms with Crippen molar-refractivity contribution in [1.29, 1.82) is 0 Å². The van der Waals surface area contributed by atoms with Crippen LogP contribution in [0.25, 0.3) is 0 Å². The summed E-state index contributed by atoms with van der Waals surface area (Å²) in [6.45, 7) is 0. The first-order chi connectivity index (χ1) is 3.81. The Labute approximate surface area is 53.8 Å². The van der Waals surface area contributed by atoms with Gasteiger partial charge in [0.1, 0.15) is 0 Å². The van der Waals surface area contributed by atoms with Gasteiger partial charge in [0.05, 0.1) is 0 Å². The average molecular weight is 128 g/mol. The van der Waals surface area contributed by atoms with Gasteiger partial charge in [-0.1, -0.05) is 11.8 Å². The zero-order chi connectivity index (χ0) is 6.41. The molecule has 0 saturated heterocycles. The molecule has 2 heteroatoms. The van der Waals surface area contributed by atoms with Crippen LogP contribution >= 0.6 is 11.8 Å². The summed E-state index contributed by atoms with van der Waals surface area (Å²) < 4.78 is 0. The summed E-state index contributed by atoms with van der Waals surface area (Å²) in [5.41, 5.74) is 0. The van der Waals surface area contributed by atoms with Crippen LogP contribution in [0.2, 0.25) is 0 Å². The van der Waals surface area contributed by atoms with E-state index in [9.17, 15) is 4.79 Å². The maximum atomic E-state index is 10.4. The van der Waals surface area contributed by atoms with Gasteiger partial charge in [0, 0.05) is 12.8 Å². The third-order valence-electron chi connectivity index (χ3n) is 0.701. The smallest absolute Gasteiger partial charge is 0.189 e. The van der Waals surface area contributed by atoms with Crippen molar-refractivity contribution < 1.29 is 4.79 Å². The summed E-state index contributed by atoms with van der Waals surface area (Å²) in [4.78, 5) is 10.4. The Morgan fingerprint density at radius 2 is 2.50 bits per heavy atom. The molecule has 1 nitrogen and oxygen atoms in total. The van der Waals surface area contributed by atoms with Crippen molar-refractivity contribution in [2.45, 2.75) is 12.8 Å². The molecule has 0 amide bonds. The molecule has 0 unspecified atom stereocenters. The molecule has 0 spiro atoms. The Hall–Kier alpha value is -0.420. The Bertz CT molecular complexity index is 112. The van der Waals surface area contributed by atoms with Gasteiger partial charge in [-0.3, -0.25) is 4.79 Å². The highest BCUT2D eigenvalue weighted by molar-refractivity contribution is 8.13. The van der Waals surface area contributed by atoms with Crippen molar-refractivity contribution in [3.8, 4) is 12.3 Å². The molecule has 0 N–H and O–H groups in total. The van der Waals surface area contributed by atoms with E-state index in [1.54, 1.807) is 6.26 Å². The van der Waals surface area contributed by atoms with Crippen LogP contribution < -0.4 is 0 Å². The van der Waals surface area contributed by atoms with E-state index in [1.807, 2.05) is 0 Å². The molecule has 0 radical (unpaired) electrons. The first-order valence-electron chi connectivity index (χ1n) is 2.31. The molecule has 0 aliphatic heterocycles. The molecule has 0 rings (SSSR count). The maximum absolute atomic E-state index is 10.4. The lowest BCUT2D eigenvalue weighted by atomic mass is 10.3. The third kappa shape index (κ3) is 3.76. The second-order valence-electron chi connectivity index (χ2n) is 1.28. The fourth-order valence-corrected chi connectivity index (χ4v) is 0.582. The first-order valence-corrected chi connectivity index (χ1v) is 3.54. The zero-order valence-corrected chi connectivity index (χ0v) is 5.62. The van der Waals surface area contributed by atoms with E-state index in [-0.39, 0.29) is 5.12 Å². The van der Waals surface area contributed by atoms with Crippen LogP contribution in [0, 0.1) is 12.3 Å². The van der Waals surface area contributed by atoms with Crippen molar-refractivity contribution in [2.75, 3.05) is 6.26 Å². The van der Waals surface area contributed by atoms with E-state index in [1.165, 1.54) is 11.8 Å². The van der Waals surface area contributed by atoms with Crippen molar-refractivity contribution in [2.24, 2.45) is 0 Å². The van der Waals surface area contributed by atoms with Gasteiger partial charge < -0.3 is 0 Å². The number of hydrogen-bond acceptors (Lipinski definition) is 2. The summed E-state index contributed by atoms with van der Waals surface area (Å²) in [5, 5.41) is 0.169. The minimum absolute atomic E-state index is 0.169. The van der Waals surface area contributed by atoms with Crippen molar-refractivity contribution in [3.05, 3.63) is 0 Å². The van der Waals surface area contributed by atoms with E-state index in [2.05, 4.69) is 5.92 Å². The van der Waals surface area contributed by atoms with Crippen molar-refractivity contribution >= 4 is 16.9 Å². The number of rotatable bonds is 2. The van der Waals surface area contributed by atoms with Crippen LogP contribution in [0.5, 0.6) is 0 Å². The SMILES string of the molecule is C#CCCC(=O)SC. The topological polar surface area (TPSA) is 17.1 Å². The van der Waals surface area contributed by atoms with E-state index < -0.39 is 0 Å². The molecule has 0 bridgehead atoms. The summed E-state index contributed by atoms with van der Waals surface area (Å²) in [6.07, 6.45) is 7.76. The van der Waals surface area contributed by atoms with E-state index in [0.29, 0.717) is 12.8 Å². The second-order valence-corrected chi connectivity index (χ2v) is 2.14. The summed E-state index contributed by atoms with van der Waals surface area (Å²) in [7, 11) is 0. The van der Waals surface area contributed by atoms with Gasteiger partial charge in [-0.2, -0.15) is 0 Å². The lowest BCUT2D eigenvalue weighted by molar-refractivity contribution is -0.110. The van der Waals surface area contributed by atoms with E-state index in [0.717, 1.165) is 0 Å². The molecule has 44 valence electrons. The Morgan fingerprint density at radius 3 is 2.88 bits per heavy atom. The molecular formula is C6H8OS. The van der Waals surface area contributed by atoms with Gasteiger partial charge in [0.2, 0.25) is 0 Å². The van der Waals surface area contributed by atoms with Gasteiger partial charge in [-0.05, 0) is 6.26 Å². The molecule has 0 atom stereocenters. The van der Waals surface area contributed by atoms with Gasteiger partial charge in [-0.25, -0.2) is 0 Å². The number of carbonyl (C=O) groups is 1. The Morgan fingerprint density at radius 1 is 1.88 bits per heavy atom. The van der Waals surface area contributed by atoms with Gasteiger partial charge in [0.15, 0.2) is 5.12 Å². The fourth-order valence-electron chi connectivity index (χ4n) is 0.276. The summed E-state index contributed by atoms with van der Waals surface area (Å²) in [6, 6.07) is 0. The lowest BCUT2D eigenvalue weighted by Gasteiger charge is -1.86. The molecule has 0 aliphatic rings. The summed E-state index contributed by atoms with van der Waals surface area (Å²) in [5.74, 6) is 2.40. The highest BCUT2D eigenvalue weighted by Crippen LogP contribution is 2.00. The van der Waals surface area contributed by atoms with E-state index in [4.69, 9.17) is 6.42 Å². The van der Waals surface area contributed by atoms with Crippen LogP contribution in [0.15, 0.2) is 0 Å². The van der Waals surface area contributed by atoms with Crippen LogP contribution in [-0.4, -0.2) is 11.4 Å². The molecule has 0 heterocycles. The zero-order valence-electron chi connectivity index (χ0n) is 4.81. The molecule has 0 saturated carbocycles. The van der Waals surface area contributed by atoms with E-state index >= 15 is 0 Å². The molecular weight excluding hydrogens is 120 g/mol. The van der Waals surface area contributed by atoms with Gasteiger partial charge in [0.25, 0.3) is 0 Å². The van der Waals surface area contributed by atoms with Gasteiger partial charge >= 0.3 is 0 Å². The first kappa shape index (κ1) is 7.58. The molecule has 0 aromatic rings. The second kappa shape index (κ2) is 4.73. The molecule has 0 aromatic heterocycles. The maximum Gasteiger partial charge on any atom is 0.189 e. The number of thioether (sulfide) groups is 1. The predicted molar refractivity (Wildman–Crippen MR) is 36.6 cm³/mol. The normalized spacial score (nSPS) is 8.00. The number of terminal acetylenes is 1.